The highest BCUT2D eigenvalue weighted by Crippen LogP contribution is 2.47. The summed E-state index contributed by atoms with van der Waals surface area (Å²) in [4.78, 5) is 15.9. The molecule has 5 nitrogen and oxygen atoms in total. The Hall–Kier alpha value is -8.93. The van der Waals surface area contributed by atoms with E-state index in [-0.39, 0.29) is 11.8 Å². The predicted molar refractivity (Wildman–Crippen MR) is 296 cm³/mol. The Morgan fingerprint density at radius 3 is 1.59 bits per heavy atom. The smallest absolute Gasteiger partial charge is 0.163 e. The maximum atomic E-state index is 5.39. The summed E-state index contributed by atoms with van der Waals surface area (Å²) in [5.41, 5.74) is 16.1. The van der Waals surface area contributed by atoms with Crippen molar-refractivity contribution in [3.63, 3.8) is 0 Å². The fraction of sp³-hybridized carbons (Fsp3) is 0.0758. The lowest BCUT2D eigenvalue weighted by Crippen LogP contribution is -2.14. The van der Waals surface area contributed by atoms with Crippen molar-refractivity contribution in [1.29, 1.82) is 0 Å². The minimum absolute atomic E-state index is 0.0621. The predicted octanol–water partition coefficient (Wildman–Crippen LogP) is 17.1. The van der Waals surface area contributed by atoms with E-state index in [0.29, 0.717) is 11.6 Å². The van der Waals surface area contributed by atoms with E-state index in [4.69, 9.17) is 15.0 Å². The van der Waals surface area contributed by atoms with Crippen molar-refractivity contribution >= 4 is 54.4 Å². The van der Waals surface area contributed by atoms with Gasteiger partial charge in [-0.05, 0) is 99.5 Å². The first-order chi connectivity index (χ1) is 35.0. The summed E-state index contributed by atoms with van der Waals surface area (Å²) in [6.45, 7) is 6.89. The number of nitrogens with zero attached hydrogens (tertiary/aromatic N) is 5. The van der Waals surface area contributed by atoms with E-state index in [0.717, 1.165) is 39.4 Å². The van der Waals surface area contributed by atoms with Gasteiger partial charge >= 0.3 is 0 Å². The van der Waals surface area contributed by atoms with Gasteiger partial charge in [0.05, 0.1) is 22.1 Å². The summed E-state index contributed by atoms with van der Waals surface area (Å²) in [5, 5.41) is 7.29. The van der Waals surface area contributed by atoms with Gasteiger partial charge in [-0.15, -0.1) is 0 Å². The third kappa shape index (κ3) is 7.20. The van der Waals surface area contributed by atoms with E-state index >= 15 is 0 Å². The highest BCUT2D eigenvalue weighted by atomic mass is 15.0. The van der Waals surface area contributed by atoms with Crippen molar-refractivity contribution in [3.05, 3.63) is 247 Å². The van der Waals surface area contributed by atoms with E-state index in [9.17, 15) is 0 Å². The third-order valence-electron chi connectivity index (χ3n) is 14.8. The average molecular weight is 912 g/mol. The molecule has 10 aromatic carbocycles. The Labute approximate surface area is 413 Å². The van der Waals surface area contributed by atoms with Gasteiger partial charge in [0.25, 0.3) is 0 Å². The van der Waals surface area contributed by atoms with Crippen molar-refractivity contribution in [2.75, 3.05) is 0 Å². The molecule has 0 fully saturated rings. The van der Waals surface area contributed by atoms with E-state index in [1.165, 1.54) is 76.7 Å². The minimum atomic E-state index is -0.132. The molecule has 0 aliphatic heterocycles. The quantitative estimate of drug-likeness (QED) is 0.145. The largest absolute Gasteiger partial charge is 0.309 e. The van der Waals surface area contributed by atoms with Crippen LogP contribution in [-0.2, 0) is 0 Å². The fourth-order valence-corrected chi connectivity index (χ4v) is 11.0. The normalized spacial score (nSPS) is 12.6. The van der Waals surface area contributed by atoms with E-state index in [1.807, 2.05) is 18.2 Å². The number of aromatic nitrogens is 5. The van der Waals surface area contributed by atoms with Crippen LogP contribution in [0.3, 0.4) is 0 Å². The van der Waals surface area contributed by atoms with Crippen LogP contribution < -0.4 is 0 Å². The number of fused-ring (bicyclic) bond motifs is 7. The molecule has 2 atom stereocenters. The molecule has 5 heteroatoms. The van der Waals surface area contributed by atoms with Crippen molar-refractivity contribution < 1.29 is 0 Å². The molecular formula is C66H49N5. The van der Waals surface area contributed by atoms with Gasteiger partial charge in [0.2, 0.25) is 0 Å². The molecule has 0 aliphatic carbocycles. The second-order valence-electron chi connectivity index (χ2n) is 18.9. The zero-order valence-electron chi connectivity index (χ0n) is 39.8. The number of benzene rings is 10. The second kappa shape index (κ2) is 17.2. The van der Waals surface area contributed by atoms with Crippen molar-refractivity contribution in [3.8, 4) is 56.4 Å². The summed E-state index contributed by atoms with van der Waals surface area (Å²) in [6.07, 6.45) is 0. The standard InChI is InChI=1S/C66H49N5/c1-42-18-10-13-25-53(42)56-37-38-57-58-41-52(70-59-28-16-14-26-54(59)55-27-15-17-29-60(55)70)36-39-61(58)71(51-35-34-46-21-11-12-24-50(46)40-51)63(57)62(56)43(2)44(3)64-67-65(48-22-8-5-9-23-48)69-66(68-64)49-32-30-47(31-33-49)45-19-6-4-7-20-45/h4-41,43-44H,1-3H3. The van der Waals surface area contributed by atoms with Gasteiger partial charge < -0.3 is 9.13 Å². The van der Waals surface area contributed by atoms with Crippen molar-refractivity contribution in [1.82, 2.24) is 24.1 Å². The van der Waals surface area contributed by atoms with E-state index in [1.54, 1.807) is 0 Å². The second-order valence-corrected chi connectivity index (χ2v) is 18.9. The monoisotopic (exact) mass is 911 g/mol. The third-order valence-corrected chi connectivity index (χ3v) is 14.8. The molecule has 2 unspecified atom stereocenters. The van der Waals surface area contributed by atoms with Gasteiger partial charge in [-0.2, -0.15) is 0 Å². The molecule has 0 N–H and O–H groups in total. The number of aryl methyl sites for hydroxylation is 1. The van der Waals surface area contributed by atoms with Crippen molar-refractivity contribution in [2.45, 2.75) is 32.6 Å². The highest BCUT2D eigenvalue weighted by Gasteiger charge is 2.29. The minimum Gasteiger partial charge on any atom is -0.309 e. The Morgan fingerprint density at radius 2 is 0.887 bits per heavy atom. The van der Waals surface area contributed by atoms with Gasteiger partial charge in [0.1, 0.15) is 5.82 Å². The maximum Gasteiger partial charge on any atom is 0.163 e. The zero-order valence-corrected chi connectivity index (χ0v) is 39.8. The molecule has 0 aliphatic rings. The zero-order chi connectivity index (χ0) is 47.6. The van der Waals surface area contributed by atoms with Crippen LogP contribution in [0.15, 0.2) is 231 Å². The Balaban J connectivity index is 1.06. The number of hydrogen-bond acceptors (Lipinski definition) is 3. The number of para-hydroxylation sites is 2. The summed E-state index contributed by atoms with van der Waals surface area (Å²) < 4.78 is 4.95. The highest BCUT2D eigenvalue weighted by molar-refractivity contribution is 6.14. The van der Waals surface area contributed by atoms with Gasteiger partial charge in [0, 0.05) is 50.0 Å². The first-order valence-corrected chi connectivity index (χ1v) is 24.6. The van der Waals surface area contributed by atoms with Gasteiger partial charge in [0.15, 0.2) is 11.6 Å². The molecule has 3 heterocycles. The van der Waals surface area contributed by atoms with Crippen LogP contribution in [-0.4, -0.2) is 24.1 Å². The molecule has 0 bridgehead atoms. The van der Waals surface area contributed by atoms with Crippen LogP contribution in [0.5, 0.6) is 0 Å². The van der Waals surface area contributed by atoms with Gasteiger partial charge in [-0.3, -0.25) is 0 Å². The molecule has 3 aromatic heterocycles. The molecule has 0 amide bonds. The van der Waals surface area contributed by atoms with E-state index in [2.05, 4.69) is 242 Å². The fourth-order valence-electron chi connectivity index (χ4n) is 11.0. The molecule has 71 heavy (non-hydrogen) atoms. The lowest BCUT2D eigenvalue weighted by atomic mass is 9.81. The molecule has 0 spiro atoms. The first-order valence-electron chi connectivity index (χ1n) is 24.6. The van der Waals surface area contributed by atoms with Crippen LogP contribution in [0.25, 0.3) is 111 Å². The van der Waals surface area contributed by atoms with Crippen LogP contribution in [0.2, 0.25) is 0 Å². The maximum absolute atomic E-state index is 5.39. The molecule has 0 radical (unpaired) electrons. The number of hydrogen-bond donors (Lipinski definition) is 0. The van der Waals surface area contributed by atoms with E-state index < -0.39 is 0 Å². The Kier molecular flexibility index (Phi) is 10.2. The molecule has 13 rings (SSSR count). The average Bonchev–Trinajstić information content (AvgIpc) is 3.95. The molecule has 0 saturated carbocycles. The van der Waals surface area contributed by atoms with Crippen LogP contribution >= 0.6 is 0 Å². The van der Waals surface area contributed by atoms with Crippen molar-refractivity contribution in [2.24, 2.45) is 0 Å². The Bertz CT molecular complexity index is 4090. The summed E-state index contributed by atoms with van der Waals surface area (Å²) >= 11 is 0. The topological polar surface area (TPSA) is 48.5 Å². The number of rotatable bonds is 9. The summed E-state index contributed by atoms with van der Waals surface area (Å²) in [5.74, 6) is 1.88. The Morgan fingerprint density at radius 1 is 0.352 bits per heavy atom. The molecule has 338 valence electrons. The van der Waals surface area contributed by atoms with Crippen LogP contribution in [0.4, 0.5) is 0 Å². The lowest BCUT2D eigenvalue weighted by Gasteiger charge is -2.26. The molecular weight excluding hydrogens is 863 g/mol. The van der Waals surface area contributed by atoms with Gasteiger partial charge in [-0.1, -0.05) is 202 Å². The molecule has 0 saturated heterocycles. The first kappa shape index (κ1) is 42.2. The lowest BCUT2D eigenvalue weighted by molar-refractivity contribution is 0.590. The molecule has 13 aromatic rings. The summed E-state index contributed by atoms with van der Waals surface area (Å²) in [7, 11) is 0. The summed E-state index contributed by atoms with van der Waals surface area (Å²) in [6, 6.07) is 83.0. The SMILES string of the molecule is Cc1ccccc1-c1ccc2c3cc(-n4c5ccccc5c5ccccc54)ccc3n(-c3ccc4ccccc4c3)c2c1C(C)C(C)c1nc(-c2ccccc2)nc(-c2ccc(-c3ccccc3)cc2)n1. The van der Waals surface area contributed by atoms with Gasteiger partial charge in [-0.25, -0.2) is 15.0 Å². The van der Waals surface area contributed by atoms with Crippen LogP contribution in [0, 0.1) is 6.92 Å². The van der Waals surface area contributed by atoms with Crippen LogP contribution in [0.1, 0.15) is 42.6 Å².